The van der Waals surface area contributed by atoms with Gasteiger partial charge in [-0.1, -0.05) is 19.9 Å². The van der Waals surface area contributed by atoms with Gasteiger partial charge in [-0.3, -0.25) is 4.79 Å². The number of nitrogens with zero attached hydrogens (tertiary/aromatic N) is 1. The molecular formula is C14H17NO3. The van der Waals surface area contributed by atoms with E-state index in [1.54, 1.807) is 6.07 Å². The molecule has 1 aromatic rings. The lowest BCUT2D eigenvalue weighted by molar-refractivity contribution is -0.139. The van der Waals surface area contributed by atoms with Crippen LogP contribution < -0.4 is 4.74 Å². The second-order valence-electron chi connectivity index (χ2n) is 4.28. The molecule has 0 bridgehead atoms. The van der Waals surface area contributed by atoms with Crippen LogP contribution in [-0.2, 0) is 16.0 Å². The third-order valence-corrected chi connectivity index (χ3v) is 2.74. The summed E-state index contributed by atoms with van der Waals surface area (Å²) in [5.74, 6) is 0.379. The fourth-order valence-corrected chi connectivity index (χ4v) is 1.73. The SMILES string of the molecule is COC(=O)Cc1cc(C(C)C)cc(C#N)c1OC. The number of nitriles is 1. The Labute approximate surface area is 107 Å². The minimum Gasteiger partial charge on any atom is -0.495 e. The van der Waals surface area contributed by atoms with Gasteiger partial charge in [0.1, 0.15) is 11.8 Å². The van der Waals surface area contributed by atoms with Gasteiger partial charge in [0, 0.05) is 5.56 Å². The number of carbonyl (C=O) groups excluding carboxylic acids is 1. The van der Waals surface area contributed by atoms with Crippen molar-refractivity contribution in [2.24, 2.45) is 0 Å². The molecule has 1 rings (SSSR count). The number of esters is 1. The summed E-state index contributed by atoms with van der Waals surface area (Å²) in [6.07, 6.45) is 0.106. The number of methoxy groups -OCH3 is 2. The molecule has 96 valence electrons. The Morgan fingerprint density at radius 2 is 2.06 bits per heavy atom. The molecule has 4 nitrogen and oxygen atoms in total. The first-order valence-corrected chi connectivity index (χ1v) is 5.71. The van der Waals surface area contributed by atoms with Gasteiger partial charge in [0.15, 0.2) is 0 Å². The van der Waals surface area contributed by atoms with Crippen LogP contribution in [0.3, 0.4) is 0 Å². The number of hydrogen-bond acceptors (Lipinski definition) is 4. The highest BCUT2D eigenvalue weighted by molar-refractivity contribution is 5.74. The van der Waals surface area contributed by atoms with Crippen molar-refractivity contribution in [3.05, 3.63) is 28.8 Å². The highest BCUT2D eigenvalue weighted by atomic mass is 16.5. The summed E-state index contributed by atoms with van der Waals surface area (Å²) in [5.41, 5.74) is 2.14. The van der Waals surface area contributed by atoms with Crippen molar-refractivity contribution < 1.29 is 14.3 Å². The Morgan fingerprint density at radius 3 is 2.50 bits per heavy atom. The fraction of sp³-hybridized carbons (Fsp3) is 0.429. The first kappa shape index (κ1) is 14.0. The van der Waals surface area contributed by atoms with Crippen molar-refractivity contribution in [1.29, 1.82) is 5.26 Å². The van der Waals surface area contributed by atoms with Crippen molar-refractivity contribution >= 4 is 5.97 Å². The highest BCUT2D eigenvalue weighted by Crippen LogP contribution is 2.29. The second-order valence-corrected chi connectivity index (χ2v) is 4.28. The molecular weight excluding hydrogens is 230 g/mol. The minimum absolute atomic E-state index is 0.106. The third-order valence-electron chi connectivity index (χ3n) is 2.74. The molecule has 0 aliphatic heterocycles. The van der Waals surface area contributed by atoms with Gasteiger partial charge in [-0.2, -0.15) is 5.26 Å². The molecule has 18 heavy (non-hydrogen) atoms. The number of ether oxygens (including phenoxy) is 2. The van der Waals surface area contributed by atoms with E-state index < -0.39 is 0 Å². The monoisotopic (exact) mass is 247 g/mol. The summed E-state index contributed by atoms with van der Waals surface area (Å²) in [6, 6.07) is 5.78. The summed E-state index contributed by atoms with van der Waals surface area (Å²) in [4.78, 5) is 11.4. The van der Waals surface area contributed by atoms with Gasteiger partial charge in [-0.05, 0) is 17.5 Å². The maximum Gasteiger partial charge on any atom is 0.310 e. The van der Waals surface area contributed by atoms with Crippen molar-refractivity contribution in [1.82, 2.24) is 0 Å². The molecule has 0 N–H and O–H groups in total. The van der Waals surface area contributed by atoms with Crippen molar-refractivity contribution in [3.8, 4) is 11.8 Å². The van der Waals surface area contributed by atoms with Gasteiger partial charge in [-0.25, -0.2) is 0 Å². The molecule has 0 spiro atoms. The second kappa shape index (κ2) is 6.06. The predicted octanol–water partition coefficient (Wildman–Crippen LogP) is 2.41. The lowest BCUT2D eigenvalue weighted by atomic mass is 9.96. The zero-order valence-electron chi connectivity index (χ0n) is 11.1. The molecule has 0 radical (unpaired) electrons. The van der Waals surface area contributed by atoms with Gasteiger partial charge in [0.05, 0.1) is 26.2 Å². The van der Waals surface area contributed by atoms with E-state index in [-0.39, 0.29) is 18.3 Å². The number of hydrogen-bond donors (Lipinski definition) is 0. The van der Waals surface area contributed by atoms with E-state index in [0.29, 0.717) is 16.9 Å². The Morgan fingerprint density at radius 1 is 1.39 bits per heavy atom. The van der Waals surface area contributed by atoms with E-state index in [4.69, 9.17) is 10.00 Å². The maximum atomic E-state index is 11.4. The van der Waals surface area contributed by atoms with E-state index in [1.807, 2.05) is 19.9 Å². The molecule has 0 heterocycles. The quantitative estimate of drug-likeness (QED) is 0.766. The average molecular weight is 247 g/mol. The fourth-order valence-electron chi connectivity index (χ4n) is 1.73. The predicted molar refractivity (Wildman–Crippen MR) is 67.5 cm³/mol. The third kappa shape index (κ3) is 3.01. The average Bonchev–Trinajstić information content (AvgIpc) is 2.37. The largest absolute Gasteiger partial charge is 0.495 e. The van der Waals surface area contributed by atoms with Gasteiger partial charge >= 0.3 is 5.97 Å². The lowest BCUT2D eigenvalue weighted by Gasteiger charge is -2.14. The molecule has 0 saturated carbocycles. The van der Waals surface area contributed by atoms with Crippen LogP contribution >= 0.6 is 0 Å². The summed E-state index contributed by atoms with van der Waals surface area (Å²) < 4.78 is 9.87. The Kier molecular flexibility index (Phi) is 4.73. The normalized spacial score (nSPS) is 10.0. The van der Waals surface area contributed by atoms with Crippen LogP contribution in [0.2, 0.25) is 0 Å². The van der Waals surface area contributed by atoms with Crippen LogP contribution in [0.5, 0.6) is 5.75 Å². The van der Waals surface area contributed by atoms with Crippen LogP contribution in [-0.4, -0.2) is 20.2 Å². The van der Waals surface area contributed by atoms with E-state index in [0.717, 1.165) is 5.56 Å². The van der Waals surface area contributed by atoms with Crippen LogP contribution in [0.4, 0.5) is 0 Å². The Hall–Kier alpha value is -2.02. The molecule has 1 aromatic carbocycles. The topological polar surface area (TPSA) is 59.3 Å². The molecule has 0 aromatic heterocycles. The molecule has 0 amide bonds. The van der Waals surface area contributed by atoms with Crippen molar-refractivity contribution in [2.75, 3.05) is 14.2 Å². The molecule has 0 atom stereocenters. The molecule has 4 heteroatoms. The molecule has 0 fully saturated rings. The van der Waals surface area contributed by atoms with Crippen LogP contribution in [0.15, 0.2) is 12.1 Å². The zero-order valence-corrected chi connectivity index (χ0v) is 11.1. The zero-order chi connectivity index (χ0) is 13.7. The maximum absolute atomic E-state index is 11.4. The number of rotatable bonds is 4. The first-order valence-electron chi connectivity index (χ1n) is 5.71. The highest BCUT2D eigenvalue weighted by Gasteiger charge is 2.16. The van der Waals surface area contributed by atoms with Crippen molar-refractivity contribution in [3.63, 3.8) is 0 Å². The van der Waals surface area contributed by atoms with Crippen molar-refractivity contribution in [2.45, 2.75) is 26.2 Å². The summed E-state index contributed by atoms with van der Waals surface area (Å²) in [7, 11) is 2.83. The summed E-state index contributed by atoms with van der Waals surface area (Å²) >= 11 is 0. The van der Waals surface area contributed by atoms with Gasteiger partial charge in [0.2, 0.25) is 0 Å². The molecule has 0 unspecified atom stereocenters. The van der Waals surface area contributed by atoms with Gasteiger partial charge in [-0.15, -0.1) is 0 Å². The number of benzene rings is 1. The van der Waals surface area contributed by atoms with E-state index in [9.17, 15) is 4.79 Å². The molecule has 0 aliphatic rings. The Balaban J connectivity index is 3.32. The lowest BCUT2D eigenvalue weighted by Crippen LogP contribution is -2.08. The van der Waals surface area contributed by atoms with Crippen LogP contribution in [0, 0.1) is 11.3 Å². The van der Waals surface area contributed by atoms with E-state index in [1.165, 1.54) is 14.2 Å². The van der Waals surface area contributed by atoms with Crippen LogP contribution in [0.25, 0.3) is 0 Å². The summed E-state index contributed by atoms with van der Waals surface area (Å²) in [5, 5.41) is 9.13. The standard InChI is InChI=1S/C14H17NO3/c1-9(2)10-5-11(7-13(16)17-3)14(18-4)12(6-10)8-15/h5-6,9H,7H2,1-4H3. The van der Waals surface area contributed by atoms with E-state index in [2.05, 4.69) is 10.8 Å². The van der Waals surface area contributed by atoms with Gasteiger partial charge in [0.25, 0.3) is 0 Å². The Bertz CT molecular complexity index is 487. The van der Waals surface area contributed by atoms with Crippen LogP contribution in [0.1, 0.15) is 36.5 Å². The van der Waals surface area contributed by atoms with Gasteiger partial charge < -0.3 is 9.47 Å². The smallest absolute Gasteiger partial charge is 0.310 e. The van der Waals surface area contributed by atoms with E-state index >= 15 is 0 Å². The minimum atomic E-state index is -0.349. The molecule has 0 saturated heterocycles. The first-order chi connectivity index (χ1) is 8.53. The molecule has 0 aliphatic carbocycles. The number of carbonyl (C=O) groups is 1. The summed E-state index contributed by atoms with van der Waals surface area (Å²) in [6.45, 7) is 4.07.